The second-order valence-electron chi connectivity index (χ2n) is 5.72. The van der Waals surface area contributed by atoms with Gasteiger partial charge in [-0.1, -0.05) is 0 Å². The van der Waals surface area contributed by atoms with E-state index in [0.717, 1.165) is 31.4 Å². The fourth-order valence-electron chi connectivity index (χ4n) is 3.32. The van der Waals surface area contributed by atoms with Gasteiger partial charge in [-0.25, -0.2) is 4.98 Å². The largest absolute Gasteiger partial charge is 0.458 e. The van der Waals surface area contributed by atoms with Crippen LogP contribution in [0.3, 0.4) is 0 Å². The number of hydrogen-bond acceptors (Lipinski definition) is 6. The number of anilines is 1. The first-order chi connectivity index (χ1) is 10.1. The number of carbonyl (C=O) groups is 2. The number of ether oxygens (including phenoxy) is 1. The van der Waals surface area contributed by atoms with E-state index in [1.807, 2.05) is 5.38 Å². The highest BCUT2D eigenvalue weighted by atomic mass is 32.1. The van der Waals surface area contributed by atoms with Gasteiger partial charge in [0.05, 0.1) is 18.0 Å². The molecule has 0 unspecified atom stereocenters. The number of nitrogens with one attached hydrogen (secondary N) is 1. The van der Waals surface area contributed by atoms with Crippen LogP contribution in [-0.2, 0) is 20.7 Å². The van der Waals surface area contributed by atoms with Gasteiger partial charge in [0.25, 0.3) is 0 Å². The summed E-state index contributed by atoms with van der Waals surface area (Å²) in [6, 6.07) is 0. The number of rotatable bonds is 4. The molecule has 1 atom stereocenters. The third-order valence-corrected chi connectivity index (χ3v) is 5.06. The Hall–Kier alpha value is -1.63. The van der Waals surface area contributed by atoms with Gasteiger partial charge in [-0.15, -0.1) is 11.3 Å². The molecule has 1 spiro atoms. The maximum atomic E-state index is 12.4. The van der Waals surface area contributed by atoms with Crippen LogP contribution in [0.1, 0.15) is 37.8 Å². The van der Waals surface area contributed by atoms with Gasteiger partial charge >= 0.3 is 5.97 Å². The molecule has 1 amide bonds. The van der Waals surface area contributed by atoms with Gasteiger partial charge in [-0.05, 0) is 25.7 Å². The normalized spacial score (nSPS) is 23.4. The summed E-state index contributed by atoms with van der Waals surface area (Å²) in [5.41, 5.74) is 5.92. The first-order valence-electron chi connectivity index (χ1n) is 7.28. The molecule has 7 heteroatoms. The summed E-state index contributed by atoms with van der Waals surface area (Å²) >= 11 is 1.39. The molecule has 1 aromatic rings. The maximum Gasteiger partial charge on any atom is 0.307 e. The summed E-state index contributed by atoms with van der Waals surface area (Å²) in [6.07, 6.45) is 4.51. The molecule has 1 saturated heterocycles. The van der Waals surface area contributed by atoms with Crippen molar-refractivity contribution in [1.29, 1.82) is 0 Å². The van der Waals surface area contributed by atoms with Crippen molar-refractivity contribution in [1.82, 2.24) is 10.3 Å². The molecule has 0 radical (unpaired) electrons. The summed E-state index contributed by atoms with van der Waals surface area (Å²) in [7, 11) is 0. The van der Waals surface area contributed by atoms with Crippen molar-refractivity contribution in [3.05, 3.63) is 11.1 Å². The van der Waals surface area contributed by atoms with Crippen molar-refractivity contribution in [2.75, 3.05) is 12.3 Å². The molecular formula is C14H19N3O3S. The Labute approximate surface area is 127 Å². The number of nitrogens with two attached hydrogens (primary N) is 1. The molecule has 2 heterocycles. The average Bonchev–Trinajstić information content (AvgIpc) is 3.13. The molecule has 2 fully saturated rings. The monoisotopic (exact) mass is 309 g/mol. The number of carbonyl (C=O) groups excluding carboxylic acids is 2. The summed E-state index contributed by atoms with van der Waals surface area (Å²) in [4.78, 5) is 28.1. The predicted octanol–water partition coefficient (Wildman–Crippen LogP) is 1.26. The van der Waals surface area contributed by atoms with Crippen LogP contribution in [0.25, 0.3) is 0 Å². The van der Waals surface area contributed by atoms with Crippen LogP contribution >= 0.6 is 11.3 Å². The lowest BCUT2D eigenvalue weighted by Crippen LogP contribution is -2.43. The molecule has 1 aliphatic carbocycles. The number of thiazole rings is 1. The highest BCUT2D eigenvalue weighted by Crippen LogP contribution is 2.45. The summed E-state index contributed by atoms with van der Waals surface area (Å²) in [6.45, 7) is 0.503. The maximum absolute atomic E-state index is 12.4. The lowest BCUT2D eigenvalue weighted by Gasteiger charge is -2.27. The van der Waals surface area contributed by atoms with Crippen molar-refractivity contribution in [2.24, 2.45) is 5.92 Å². The fraction of sp³-hybridized carbons (Fsp3) is 0.643. The van der Waals surface area contributed by atoms with Crippen molar-refractivity contribution >= 4 is 28.3 Å². The molecule has 0 bridgehead atoms. The number of hydrogen-bond donors (Lipinski definition) is 2. The number of esters is 1. The minimum absolute atomic E-state index is 0.0778. The van der Waals surface area contributed by atoms with Crippen LogP contribution in [0.15, 0.2) is 5.38 Å². The van der Waals surface area contributed by atoms with Crippen LogP contribution in [0.4, 0.5) is 5.13 Å². The van der Waals surface area contributed by atoms with E-state index in [1.165, 1.54) is 11.3 Å². The molecular weight excluding hydrogens is 290 g/mol. The van der Waals surface area contributed by atoms with E-state index in [2.05, 4.69) is 10.3 Å². The Morgan fingerprint density at radius 3 is 2.95 bits per heavy atom. The fourth-order valence-corrected chi connectivity index (χ4v) is 3.92. The minimum atomic E-state index is -0.535. The first-order valence-corrected chi connectivity index (χ1v) is 8.16. The van der Waals surface area contributed by atoms with Gasteiger partial charge in [0.15, 0.2) is 5.13 Å². The average molecular weight is 309 g/mol. The number of nitrogens with zero attached hydrogens (tertiary/aromatic N) is 1. The van der Waals surface area contributed by atoms with Gasteiger partial charge in [0.1, 0.15) is 5.60 Å². The van der Waals surface area contributed by atoms with Crippen molar-refractivity contribution in [3.8, 4) is 0 Å². The standard InChI is InChI=1S/C14H19N3O3S/c15-13-17-9(8-21-13)3-6-16-12(19)10-7-11(18)20-14(10)4-1-2-5-14/h8,10H,1-7H2,(H2,15,17)(H,16,19)/t10-/m0/s1. The Bertz CT molecular complexity index is 551. The van der Waals surface area contributed by atoms with Crippen molar-refractivity contribution in [2.45, 2.75) is 44.1 Å². The number of amides is 1. The van der Waals surface area contributed by atoms with E-state index >= 15 is 0 Å². The van der Waals surface area contributed by atoms with E-state index in [4.69, 9.17) is 10.5 Å². The van der Waals surface area contributed by atoms with Gasteiger partial charge in [-0.2, -0.15) is 0 Å². The molecule has 114 valence electrons. The van der Waals surface area contributed by atoms with Crippen LogP contribution in [-0.4, -0.2) is 29.0 Å². The van der Waals surface area contributed by atoms with E-state index in [-0.39, 0.29) is 24.2 Å². The van der Waals surface area contributed by atoms with Gasteiger partial charge < -0.3 is 15.8 Å². The van der Waals surface area contributed by atoms with Crippen molar-refractivity contribution in [3.63, 3.8) is 0 Å². The molecule has 2 aliphatic rings. The lowest BCUT2D eigenvalue weighted by molar-refractivity contribution is -0.149. The Kier molecular flexibility index (Phi) is 3.84. The molecule has 1 aromatic heterocycles. The quantitative estimate of drug-likeness (QED) is 0.817. The Morgan fingerprint density at radius 1 is 1.52 bits per heavy atom. The second kappa shape index (κ2) is 5.63. The first kappa shape index (κ1) is 14.3. The smallest absolute Gasteiger partial charge is 0.307 e. The number of nitrogen functional groups attached to an aromatic ring is 1. The second-order valence-corrected chi connectivity index (χ2v) is 6.61. The van der Waals surface area contributed by atoms with E-state index in [1.54, 1.807) is 0 Å². The third-order valence-electron chi connectivity index (χ3n) is 4.34. The molecule has 6 nitrogen and oxygen atoms in total. The van der Waals surface area contributed by atoms with Crippen LogP contribution in [0.5, 0.6) is 0 Å². The molecule has 3 N–H and O–H groups in total. The van der Waals surface area contributed by atoms with Crippen LogP contribution in [0, 0.1) is 5.92 Å². The molecule has 3 rings (SSSR count). The van der Waals surface area contributed by atoms with E-state index < -0.39 is 5.60 Å². The lowest BCUT2D eigenvalue weighted by atomic mass is 9.85. The highest BCUT2D eigenvalue weighted by molar-refractivity contribution is 7.13. The summed E-state index contributed by atoms with van der Waals surface area (Å²) in [5, 5.41) is 5.34. The van der Waals surface area contributed by atoms with Gasteiger partial charge in [-0.3, -0.25) is 9.59 Å². The SMILES string of the molecule is Nc1nc(CCNC(=O)[C@@H]2CC(=O)OC23CCCC3)cs1. The van der Waals surface area contributed by atoms with Gasteiger partial charge in [0.2, 0.25) is 5.91 Å². The Morgan fingerprint density at radius 2 is 2.29 bits per heavy atom. The van der Waals surface area contributed by atoms with E-state index in [0.29, 0.717) is 18.1 Å². The topological polar surface area (TPSA) is 94.3 Å². The summed E-state index contributed by atoms with van der Waals surface area (Å²) < 4.78 is 5.48. The van der Waals surface area contributed by atoms with E-state index in [9.17, 15) is 9.59 Å². The van der Waals surface area contributed by atoms with Crippen molar-refractivity contribution < 1.29 is 14.3 Å². The van der Waals surface area contributed by atoms with Crippen LogP contribution in [0.2, 0.25) is 0 Å². The molecule has 1 aliphatic heterocycles. The van der Waals surface area contributed by atoms with Crippen LogP contribution < -0.4 is 11.1 Å². The van der Waals surface area contributed by atoms with Gasteiger partial charge in [0, 0.05) is 18.3 Å². The zero-order valence-corrected chi connectivity index (χ0v) is 12.6. The summed E-state index contributed by atoms with van der Waals surface area (Å²) in [5.74, 6) is -0.664. The Balaban J connectivity index is 1.56. The molecule has 1 saturated carbocycles. The third kappa shape index (κ3) is 2.88. The minimum Gasteiger partial charge on any atom is -0.458 e. The highest BCUT2D eigenvalue weighted by Gasteiger charge is 2.53. The predicted molar refractivity (Wildman–Crippen MR) is 78.6 cm³/mol. The number of aromatic nitrogens is 1. The molecule has 21 heavy (non-hydrogen) atoms. The molecule has 0 aromatic carbocycles. The zero-order chi connectivity index (χ0) is 14.9. The zero-order valence-electron chi connectivity index (χ0n) is 11.8.